The van der Waals surface area contributed by atoms with Gasteiger partial charge in [0.25, 0.3) is 0 Å². The number of ketones is 1. The van der Waals surface area contributed by atoms with Crippen LogP contribution in [-0.2, 0) is 17.6 Å². The van der Waals surface area contributed by atoms with Crippen LogP contribution in [0.2, 0.25) is 0 Å². The highest BCUT2D eigenvalue weighted by Gasteiger charge is 2.25. The molecule has 1 N–H and O–H groups in total. The minimum absolute atomic E-state index is 0.00724. The molecule has 2 aromatic carbocycles. The third-order valence-corrected chi connectivity index (χ3v) is 4.33. The Morgan fingerprint density at radius 2 is 1.91 bits per heavy atom. The van der Waals surface area contributed by atoms with Crippen molar-refractivity contribution in [2.24, 2.45) is 0 Å². The number of hydrogen-bond acceptors (Lipinski definition) is 3. The van der Waals surface area contributed by atoms with E-state index in [1.165, 1.54) is 0 Å². The number of Topliss-reactive ketones (excluding diaryl/α,β-unsaturated/α-hetero) is 1. The minimum Gasteiger partial charge on any atom is -0.511 e. The molecular weight excluding hydrogens is 288 g/mol. The standard InChI is InChI=1S/C20H20O3/c1-13-6-5-8-15(20(13)23-2)12-18(22)19-16-9-4-3-7-14(16)10-11-17(19)21/h3-9,22H,10-12H2,1-2H3. The number of rotatable bonds is 3. The van der Waals surface area contributed by atoms with Crippen molar-refractivity contribution in [2.45, 2.75) is 26.2 Å². The zero-order valence-electron chi connectivity index (χ0n) is 13.4. The molecule has 0 unspecified atom stereocenters. The lowest BCUT2D eigenvalue weighted by atomic mass is 9.85. The molecule has 0 fully saturated rings. The third kappa shape index (κ3) is 2.87. The summed E-state index contributed by atoms with van der Waals surface area (Å²) in [4.78, 5) is 12.4. The number of benzene rings is 2. The van der Waals surface area contributed by atoms with Crippen molar-refractivity contribution in [1.29, 1.82) is 0 Å². The van der Waals surface area contributed by atoms with E-state index < -0.39 is 0 Å². The van der Waals surface area contributed by atoms with Crippen LogP contribution >= 0.6 is 0 Å². The number of methoxy groups -OCH3 is 1. The van der Waals surface area contributed by atoms with Crippen molar-refractivity contribution in [1.82, 2.24) is 0 Å². The van der Waals surface area contributed by atoms with Crippen LogP contribution in [0.4, 0.5) is 0 Å². The van der Waals surface area contributed by atoms with Crippen LogP contribution in [0.25, 0.3) is 5.57 Å². The SMILES string of the molecule is COc1c(C)cccc1CC(O)=C1C(=O)CCc2ccccc21. The fourth-order valence-corrected chi connectivity index (χ4v) is 3.24. The van der Waals surface area contributed by atoms with E-state index >= 15 is 0 Å². The van der Waals surface area contributed by atoms with Gasteiger partial charge in [-0.05, 0) is 30.0 Å². The Labute approximate surface area is 136 Å². The number of allylic oxidation sites excluding steroid dienone is 2. The number of carbonyl (C=O) groups excluding carboxylic acids is 1. The molecule has 0 heterocycles. The van der Waals surface area contributed by atoms with Gasteiger partial charge in [-0.15, -0.1) is 0 Å². The second kappa shape index (κ2) is 6.29. The molecule has 0 aliphatic heterocycles. The first-order valence-electron chi connectivity index (χ1n) is 7.78. The van der Waals surface area contributed by atoms with Gasteiger partial charge in [0.1, 0.15) is 11.5 Å². The Hall–Kier alpha value is -2.55. The fraction of sp³-hybridized carbons (Fsp3) is 0.250. The molecule has 0 bridgehead atoms. The monoisotopic (exact) mass is 308 g/mol. The van der Waals surface area contributed by atoms with E-state index in [9.17, 15) is 9.90 Å². The maximum Gasteiger partial charge on any atom is 0.167 e. The summed E-state index contributed by atoms with van der Waals surface area (Å²) in [5.74, 6) is 0.884. The summed E-state index contributed by atoms with van der Waals surface area (Å²) >= 11 is 0. The van der Waals surface area contributed by atoms with Gasteiger partial charge in [-0.25, -0.2) is 0 Å². The van der Waals surface area contributed by atoms with E-state index in [1.54, 1.807) is 7.11 Å². The van der Waals surface area contributed by atoms with Gasteiger partial charge in [0, 0.05) is 18.4 Å². The molecule has 1 aliphatic carbocycles. The lowest BCUT2D eigenvalue weighted by Crippen LogP contribution is -2.15. The van der Waals surface area contributed by atoms with Gasteiger partial charge in [0.15, 0.2) is 5.78 Å². The van der Waals surface area contributed by atoms with Crippen molar-refractivity contribution in [2.75, 3.05) is 7.11 Å². The Balaban J connectivity index is 2.05. The number of aliphatic hydroxyl groups excluding tert-OH is 1. The average Bonchev–Trinajstić information content (AvgIpc) is 2.55. The molecule has 0 aromatic heterocycles. The molecule has 0 saturated carbocycles. The van der Waals surface area contributed by atoms with Crippen LogP contribution in [0.1, 0.15) is 28.7 Å². The number of fused-ring (bicyclic) bond motifs is 1. The first-order valence-corrected chi connectivity index (χ1v) is 7.78. The smallest absolute Gasteiger partial charge is 0.167 e. The molecule has 118 valence electrons. The molecule has 3 nitrogen and oxygen atoms in total. The maximum absolute atomic E-state index is 12.4. The highest BCUT2D eigenvalue weighted by molar-refractivity contribution is 6.22. The number of ether oxygens (including phenoxy) is 1. The summed E-state index contributed by atoms with van der Waals surface area (Å²) in [6.07, 6.45) is 1.47. The van der Waals surface area contributed by atoms with Crippen molar-refractivity contribution in [3.8, 4) is 5.75 Å². The molecule has 23 heavy (non-hydrogen) atoms. The normalized spacial score (nSPS) is 16.0. The molecule has 0 saturated heterocycles. The van der Waals surface area contributed by atoms with Crippen molar-refractivity contribution < 1.29 is 14.6 Å². The summed E-state index contributed by atoms with van der Waals surface area (Å²) in [6, 6.07) is 13.6. The summed E-state index contributed by atoms with van der Waals surface area (Å²) in [7, 11) is 1.62. The molecule has 0 atom stereocenters. The Kier molecular flexibility index (Phi) is 4.20. The zero-order valence-corrected chi connectivity index (χ0v) is 13.4. The summed E-state index contributed by atoms with van der Waals surface area (Å²) in [6.45, 7) is 1.97. The molecule has 0 spiro atoms. The van der Waals surface area contributed by atoms with Gasteiger partial charge >= 0.3 is 0 Å². The Morgan fingerprint density at radius 1 is 1.13 bits per heavy atom. The number of aryl methyl sites for hydroxylation is 2. The highest BCUT2D eigenvalue weighted by Crippen LogP contribution is 2.32. The minimum atomic E-state index is 0.00724. The van der Waals surface area contributed by atoms with Crippen molar-refractivity contribution in [3.05, 3.63) is 70.5 Å². The second-order valence-electron chi connectivity index (χ2n) is 5.85. The highest BCUT2D eigenvalue weighted by atomic mass is 16.5. The van der Waals surface area contributed by atoms with E-state index in [4.69, 9.17) is 4.74 Å². The Bertz CT molecular complexity index is 787. The van der Waals surface area contributed by atoms with Crippen LogP contribution in [0.15, 0.2) is 48.2 Å². The summed E-state index contributed by atoms with van der Waals surface area (Å²) in [5, 5.41) is 10.7. The van der Waals surface area contributed by atoms with Crippen molar-refractivity contribution >= 4 is 11.4 Å². The number of para-hydroxylation sites is 1. The lowest BCUT2D eigenvalue weighted by Gasteiger charge is -2.20. The van der Waals surface area contributed by atoms with Crippen molar-refractivity contribution in [3.63, 3.8) is 0 Å². The quantitative estimate of drug-likeness (QED) is 0.688. The topological polar surface area (TPSA) is 46.5 Å². The van der Waals surface area contributed by atoms with E-state index in [2.05, 4.69) is 0 Å². The van der Waals surface area contributed by atoms with E-state index in [0.29, 0.717) is 18.4 Å². The largest absolute Gasteiger partial charge is 0.511 e. The van der Waals surface area contributed by atoms with Crippen LogP contribution in [0.5, 0.6) is 5.75 Å². The van der Waals surface area contributed by atoms with Gasteiger partial charge < -0.3 is 9.84 Å². The molecule has 0 radical (unpaired) electrons. The molecule has 1 aliphatic rings. The number of carbonyl (C=O) groups is 1. The van der Waals surface area contributed by atoms with E-state index in [1.807, 2.05) is 49.4 Å². The van der Waals surface area contributed by atoms with E-state index in [-0.39, 0.29) is 11.5 Å². The molecule has 3 heteroatoms. The molecule has 0 amide bonds. The zero-order chi connectivity index (χ0) is 16.4. The predicted octanol–water partition coefficient (Wildman–Crippen LogP) is 4.03. The van der Waals surface area contributed by atoms with Crippen LogP contribution in [0.3, 0.4) is 0 Å². The Morgan fingerprint density at radius 3 is 2.70 bits per heavy atom. The van der Waals surface area contributed by atoms with Crippen LogP contribution < -0.4 is 4.74 Å². The number of aliphatic hydroxyl groups is 1. The summed E-state index contributed by atoms with van der Waals surface area (Å²) in [5.41, 5.74) is 4.32. The van der Waals surface area contributed by atoms with Gasteiger partial charge in [-0.3, -0.25) is 4.79 Å². The van der Waals surface area contributed by atoms with Crippen LogP contribution in [-0.4, -0.2) is 18.0 Å². The average molecular weight is 308 g/mol. The third-order valence-electron chi connectivity index (χ3n) is 4.33. The second-order valence-corrected chi connectivity index (χ2v) is 5.85. The fourth-order valence-electron chi connectivity index (χ4n) is 3.24. The predicted molar refractivity (Wildman–Crippen MR) is 90.8 cm³/mol. The van der Waals surface area contributed by atoms with Crippen LogP contribution in [0, 0.1) is 6.92 Å². The first kappa shape index (κ1) is 15.3. The van der Waals surface area contributed by atoms with Gasteiger partial charge in [0.05, 0.1) is 12.7 Å². The first-order chi connectivity index (χ1) is 11.1. The number of hydrogen-bond donors (Lipinski definition) is 1. The summed E-state index contributed by atoms with van der Waals surface area (Å²) < 4.78 is 5.44. The molecule has 3 rings (SSSR count). The van der Waals surface area contributed by atoms with Gasteiger partial charge in [-0.1, -0.05) is 42.5 Å². The maximum atomic E-state index is 12.4. The molecule has 2 aromatic rings. The van der Waals surface area contributed by atoms with Gasteiger partial charge in [0.2, 0.25) is 0 Å². The van der Waals surface area contributed by atoms with Gasteiger partial charge in [-0.2, -0.15) is 0 Å². The van der Waals surface area contributed by atoms with E-state index in [0.717, 1.165) is 34.4 Å². The lowest BCUT2D eigenvalue weighted by molar-refractivity contribution is -0.114. The molecular formula is C20H20O3.